The fourth-order valence-corrected chi connectivity index (χ4v) is 4.76. The van der Waals surface area contributed by atoms with Gasteiger partial charge in [-0.3, -0.25) is 4.79 Å². The van der Waals surface area contributed by atoms with E-state index in [4.69, 9.17) is 16.3 Å². The number of hydrogen-bond acceptors (Lipinski definition) is 6. The van der Waals surface area contributed by atoms with Crippen LogP contribution in [0.1, 0.15) is 23.2 Å². The van der Waals surface area contributed by atoms with Crippen LogP contribution in [0.25, 0.3) is 0 Å². The Morgan fingerprint density at radius 1 is 1.09 bits per heavy atom. The molecule has 2 aromatic rings. The number of rotatable bonds is 8. The number of nitrogens with one attached hydrogen (secondary N) is 1. The van der Waals surface area contributed by atoms with Crippen LogP contribution in [0.5, 0.6) is 5.75 Å². The third kappa shape index (κ3) is 5.93. The largest absolute Gasteiger partial charge is 0.452 e. The van der Waals surface area contributed by atoms with Gasteiger partial charge in [0.1, 0.15) is 5.75 Å². The topological polar surface area (TPSA) is 102 Å². The molecule has 1 aliphatic heterocycles. The van der Waals surface area contributed by atoms with Crippen molar-refractivity contribution in [2.45, 2.75) is 24.3 Å². The first kappa shape index (κ1) is 23.9. The second kappa shape index (κ2) is 10.2. The molecule has 1 N–H and O–H groups in total. The normalized spacial score (nSPS) is 14.4. The second-order valence-corrected chi connectivity index (χ2v) is 9.13. The summed E-state index contributed by atoms with van der Waals surface area (Å²) in [7, 11) is -3.60. The maximum absolute atomic E-state index is 12.5. The van der Waals surface area contributed by atoms with E-state index in [-0.39, 0.29) is 26.9 Å². The summed E-state index contributed by atoms with van der Waals surface area (Å²) in [5, 5.41) is 2.27. The van der Waals surface area contributed by atoms with Gasteiger partial charge in [0.05, 0.1) is 15.5 Å². The van der Waals surface area contributed by atoms with Crippen molar-refractivity contribution in [3.05, 3.63) is 53.1 Å². The Bertz CT molecular complexity index is 1090. The van der Waals surface area contributed by atoms with Crippen molar-refractivity contribution in [3.63, 3.8) is 0 Å². The van der Waals surface area contributed by atoms with Crippen LogP contribution in [0.4, 0.5) is 14.5 Å². The summed E-state index contributed by atoms with van der Waals surface area (Å²) >= 11 is 5.81. The van der Waals surface area contributed by atoms with Crippen molar-refractivity contribution >= 4 is 39.2 Å². The zero-order chi connectivity index (χ0) is 23.3. The van der Waals surface area contributed by atoms with E-state index < -0.39 is 35.1 Å². The number of ether oxygens (including phenoxy) is 2. The molecule has 0 spiro atoms. The number of halogens is 3. The number of esters is 1. The van der Waals surface area contributed by atoms with E-state index in [0.717, 1.165) is 18.9 Å². The van der Waals surface area contributed by atoms with Gasteiger partial charge in [0.25, 0.3) is 5.91 Å². The number of hydrogen-bond donors (Lipinski definition) is 1. The quantitative estimate of drug-likeness (QED) is 0.570. The van der Waals surface area contributed by atoms with Gasteiger partial charge in [0.15, 0.2) is 6.61 Å². The summed E-state index contributed by atoms with van der Waals surface area (Å²) in [4.78, 5) is 24.2. The van der Waals surface area contributed by atoms with Gasteiger partial charge in [0.2, 0.25) is 10.0 Å². The van der Waals surface area contributed by atoms with Gasteiger partial charge in [-0.25, -0.2) is 13.2 Å². The average molecular weight is 489 g/mol. The monoisotopic (exact) mass is 488 g/mol. The summed E-state index contributed by atoms with van der Waals surface area (Å²) in [5.41, 5.74) is 0.267. The molecule has 2 aromatic carbocycles. The van der Waals surface area contributed by atoms with Crippen molar-refractivity contribution in [1.29, 1.82) is 0 Å². The van der Waals surface area contributed by atoms with Crippen molar-refractivity contribution in [2.24, 2.45) is 0 Å². The first-order chi connectivity index (χ1) is 15.2. The Kier molecular flexibility index (Phi) is 7.64. The van der Waals surface area contributed by atoms with E-state index in [2.05, 4.69) is 10.1 Å². The van der Waals surface area contributed by atoms with Gasteiger partial charge in [-0.05, 0) is 55.3 Å². The smallest absolute Gasteiger partial charge is 0.387 e. The number of alkyl halides is 2. The van der Waals surface area contributed by atoms with E-state index in [0.29, 0.717) is 13.1 Å². The molecule has 0 saturated carbocycles. The molecule has 0 radical (unpaired) electrons. The minimum Gasteiger partial charge on any atom is -0.452 e. The van der Waals surface area contributed by atoms with Gasteiger partial charge < -0.3 is 14.8 Å². The summed E-state index contributed by atoms with van der Waals surface area (Å²) in [6, 6.07) is 8.91. The van der Waals surface area contributed by atoms with Crippen molar-refractivity contribution in [3.8, 4) is 5.75 Å². The van der Waals surface area contributed by atoms with Gasteiger partial charge in [-0.15, -0.1) is 0 Å². The third-order valence-corrected chi connectivity index (χ3v) is 6.77. The van der Waals surface area contributed by atoms with E-state index in [1.807, 2.05) is 0 Å². The fourth-order valence-electron chi connectivity index (χ4n) is 3.02. The average Bonchev–Trinajstić information content (AvgIpc) is 3.30. The van der Waals surface area contributed by atoms with Gasteiger partial charge >= 0.3 is 12.6 Å². The van der Waals surface area contributed by atoms with Crippen molar-refractivity contribution in [2.75, 3.05) is 25.0 Å². The highest BCUT2D eigenvalue weighted by Crippen LogP contribution is 2.29. The van der Waals surface area contributed by atoms with E-state index in [1.54, 1.807) is 0 Å². The molecule has 32 heavy (non-hydrogen) atoms. The number of benzene rings is 2. The zero-order valence-electron chi connectivity index (χ0n) is 16.6. The molecular formula is C20H19ClF2N2O6S. The van der Waals surface area contributed by atoms with Crippen LogP contribution in [0.2, 0.25) is 5.02 Å². The number of nitrogens with zero attached hydrogens (tertiary/aromatic N) is 1. The molecule has 0 aliphatic carbocycles. The molecule has 0 atom stereocenters. The van der Waals surface area contributed by atoms with Crippen molar-refractivity contribution < 1.29 is 36.3 Å². The number of amides is 1. The van der Waals surface area contributed by atoms with Crippen LogP contribution in [0.3, 0.4) is 0 Å². The predicted octanol–water partition coefficient (Wildman–Crippen LogP) is 3.52. The Balaban J connectivity index is 1.54. The van der Waals surface area contributed by atoms with Crippen LogP contribution in [-0.4, -0.2) is 50.9 Å². The molecular weight excluding hydrogens is 470 g/mol. The Labute approximate surface area is 188 Å². The summed E-state index contributed by atoms with van der Waals surface area (Å²) in [6.45, 7) is -2.73. The number of sulfonamides is 1. The maximum Gasteiger partial charge on any atom is 0.387 e. The SMILES string of the molecule is O=C(COC(=O)c1ccc(S(=O)(=O)N2CCCC2)cc1)Nc1ccc(OC(F)F)c(Cl)c1. The molecule has 1 heterocycles. The second-order valence-electron chi connectivity index (χ2n) is 6.78. The molecule has 172 valence electrons. The molecule has 12 heteroatoms. The first-order valence-corrected chi connectivity index (χ1v) is 11.3. The van der Waals surface area contributed by atoms with Gasteiger partial charge in [-0.2, -0.15) is 13.1 Å². The molecule has 0 unspecified atom stereocenters. The molecule has 1 amide bonds. The molecule has 1 saturated heterocycles. The Morgan fingerprint density at radius 2 is 1.75 bits per heavy atom. The summed E-state index contributed by atoms with van der Waals surface area (Å²) < 4.78 is 60.0. The lowest BCUT2D eigenvalue weighted by Gasteiger charge is -2.15. The lowest BCUT2D eigenvalue weighted by molar-refractivity contribution is -0.119. The minimum absolute atomic E-state index is 0.0739. The van der Waals surface area contributed by atoms with Crippen molar-refractivity contribution in [1.82, 2.24) is 4.31 Å². The molecule has 0 aromatic heterocycles. The van der Waals surface area contributed by atoms with Crippen LogP contribution >= 0.6 is 11.6 Å². The fraction of sp³-hybridized carbons (Fsp3) is 0.300. The van der Waals surface area contributed by atoms with Crippen LogP contribution < -0.4 is 10.1 Å². The van der Waals surface area contributed by atoms with Gasteiger partial charge in [0, 0.05) is 18.8 Å². The van der Waals surface area contributed by atoms with E-state index in [9.17, 15) is 26.8 Å². The third-order valence-electron chi connectivity index (χ3n) is 4.56. The van der Waals surface area contributed by atoms with E-state index >= 15 is 0 Å². The highest BCUT2D eigenvalue weighted by molar-refractivity contribution is 7.89. The minimum atomic E-state index is -3.60. The van der Waals surface area contributed by atoms with E-state index in [1.165, 1.54) is 40.7 Å². The number of carbonyl (C=O) groups excluding carboxylic acids is 2. The summed E-state index contributed by atoms with van der Waals surface area (Å²) in [5.74, 6) is -1.75. The summed E-state index contributed by atoms with van der Waals surface area (Å²) in [6.07, 6.45) is 1.62. The maximum atomic E-state index is 12.5. The zero-order valence-corrected chi connectivity index (χ0v) is 18.2. The standard InChI is InChI=1S/C20H19ClF2N2O6S/c21-16-11-14(5-8-17(16)31-20(22)23)24-18(26)12-30-19(27)13-3-6-15(7-4-13)32(28,29)25-9-1-2-10-25/h3-8,11,20H,1-2,9-10,12H2,(H,24,26). The molecule has 8 nitrogen and oxygen atoms in total. The molecule has 1 aliphatic rings. The molecule has 3 rings (SSSR count). The Morgan fingerprint density at radius 3 is 2.34 bits per heavy atom. The van der Waals surface area contributed by atoms with Gasteiger partial charge in [-0.1, -0.05) is 11.6 Å². The number of anilines is 1. The first-order valence-electron chi connectivity index (χ1n) is 9.48. The predicted molar refractivity (Wildman–Crippen MR) is 111 cm³/mol. The molecule has 0 bridgehead atoms. The molecule has 1 fully saturated rings. The highest BCUT2D eigenvalue weighted by Gasteiger charge is 2.27. The lowest BCUT2D eigenvalue weighted by Crippen LogP contribution is -2.27. The highest BCUT2D eigenvalue weighted by atomic mass is 35.5. The Hall–Kier alpha value is -2.76. The van der Waals surface area contributed by atoms with Crippen LogP contribution in [0, 0.1) is 0 Å². The lowest BCUT2D eigenvalue weighted by atomic mass is 10.2. The number of carbonyl (C=O) groups is 2. The van der Waals surface area contributed by atoms with Crippen LogP contribution in [-0.2, 0) is 19.6 Å². The van der Waals surface area contributed by atoms with Crippen LogP contribution in [0.15, 0.2) is 47.4 Å².